The molecule has 1 heterocycles. The quantitative estimate of drug-likeness (QED) is 0.638. The van der Waals surface area contributed by atoms with Crippen molar-refractivity contribution < 1.29 is 0 Å². The summed E-state index contributed by atoms with van der Waals surface area (Å²) in [6.45, 7) is 2.97. The molecule has 18 heavy (non-hydrogen) atoms. The predicted molar refractivity (Wildman–Crippen MR) is 72.7 cm³/mol. The highest BCUT2D eigenvalue weighted by atomic mass is 15.1. The van der Waals surface area contributed by atoms with Crippen LogP contribution in [0.5, 0.6) is 0 Å². The molecule has 0 amide bonds. The van der Waals surface area contributed by atoms with E-state index < -0.39 is 0 Å². The van der Waals surface area contributed by atoms with Gasteiger partial charge in [0.05, 0.1) is 16.9 Å². The Labute approximate surface area is 106 Å². The molecule has 1 saturated carbocycles. The van der Waals surface area contributed by atoms with Gasteiger partial charge in [0, 0.05) is 13.0 Å². The minimum atomic E-state index is 0.208. The summed E-state index contributed by atoms with van der Waals surface area (Å²) in [7, 11) is 0. The standard InChI is InChI=1S/C14H18N4/c1-10-17-11-4-2-3-5-12(11)18(10)9-14(6-7-14)8-13(15)16/h2-5H,6-9H2,1H3,(H3,15,16). The Morgan fingerprint density at radius 3 is 2.83 bits per heavy atom. The summed E-state index contributed by atoms with van der Waals surface area (Å²) in [6, 6.07) is 8.22. The van der Waals surface area contributed by atoms with Crippen molar-refractivity contribution in [3.63, 3.8) is 0 Å². The van der Waals surface area contributed by atoms with Crippen LogP contribution in [0, 0.1) is 17.7 Å². The molecular weight excluding hydrogens is 224 g/mol. The molecule has 1 aromatic heterocycles. The number of amidine groups is 1. The second-order valence-corrected chi connectivity index (χ2v) is 5.44. The van der Waals surface area contributed by atoms with Crippen LogP contribution in [0.2, 0.25) is 0 Å². The predicted octanol–water partition coefficient (Wildman–Crippen LogP) is 2.45. The molecule has 3 rings (SSSR count). The highest BCUT2D eigenvalue weighted by Crippen LogP contribution is 2.50. The fraction of sp³-hybridized carbons (Fsp3) is 0.429. The average Bonchev–Trinajstić information content (AvgIpc) is 2.98. The summed E-state index contributed by atoms with van der Waals surface area (Å²) in [6.07, 6.45) is 3.04. The first-order valence-corrected chi connectivity index (χ1v) is 6.34. The van der Waals surface area contributed by atoms with Gasteiger partial charge in [0.2, 0.25) is 0 Å². The molecular formula is C14H18N4. The lowest BCUT2D eigenvalue weighted by Gasteiger charge is -2.16. The van der Waals surface area contributed by atoms with Crippen molar-refractivity contribution in [2.24, 2.45) is 11.1 Å². The number of hydrogen-bond acceptors (Lipinski definition) is 2. The molecule has 0 unspecified atom stereocenters. The van der Waals surface area contributed by atoms with Gasteiger partial charge in [-0.15, -0.1) is 0 Å². The summed E-state index contributed by atoms with van der Waals surface area (Å²) in [5, 5.41) is 7.49. The van der Waals surface area contributed by atoms with Gasteiger partial charge in [0.25, 0.3) is 0 Å². The fourth-order valence-corrected chi connectivity index (χ4v) is 2.70. The maximum absolute atomic E-state index is 7.49. The zero-order chi connectivity index (χ0) is 12.8. The molecule has 94 valence electrons. The highest BCUT2D eigenvalue weighted by molar-refractivity contribution is 5.78. The van der Waals surface area contributed by atoms with Gasteiger partial charge in [-0.05, 0) is 37.3 Å². The number of fused-ring (bicyclic) bond motifs is 1. The van der Waals surface area contributed by atoms with Crippen LogP contribution in [0.4, 0.5) is 0 Å². The van der Waals surface area contributed by atoms with Crippen molar-refractivity contribution in [1.82, 2.24) is 9.55 Å². The highest BCUT2D eigenvalue weighted by Gasteiger charge is 2.43. The summed E-state index contributed by atoms with van der Waals surface area (Å²) < 4.78 is 2.27. The number of aryl methyl sites for hydroxylation is 1. The maximum Gasteiger partial charge on any atom is 0.106 e. The van der Waals surface area contributed by atoms with E-state index in [-0.39, 0.29) is 5.41 Å². The molecule has 0 atom stereocenters. The molecule has 3 N–H and O–H groups in total. The van der Waals surface area contributed by atoms with Crippen LogP contribution < -0.4 is 5.73 Å². The normalized spacial score (nSPS) is 16.9. The third-order valence-corrected chi connectivity index (χ3v) is 3.86. The largest absolute Gasteiger partial charge is 0.388 e. The van der Waals surface area contributed by atoms with Gasteiger partial charge in [-0.2, -0.15) is 0 Å². The van der Waals surface area contributed by atoms with Crippen LogP contribution >= 0.6 is 0 Å². The number of para-hydroxylation sites is 2. The Morgan fingerprint density at radius 1 is 1.44 bits per heavy atom. The first-order chi connectivity index (χ1) is 8.60. The van der Waals surface area contributed by atoms with Gasteiger partial charge in [-0.1, -0.05) is 12.1 Å². The molecule has 4 nitrogen and oxygen atoms in total. The number of benzene rings is 1. The smallest absolute Gasteiger partial charge is 0.106 e. The Hall–Kier alpha value is -1.84. The van der Waals surface area contributed by atoms with Crippen molar-refractivity contribution >= 4 is 16.9 Å². The maximum atomic E-state index is 7.49. The second-order valence-electron chi connectivity index (χ2n) is 5.44. The van der Waals surface area contributed by atoms with E-state index >= 15 is 0 Å². The molecule has 0 spiro atoms. The lowest BCUT2D eigenvalue weighted by atomic mass is 10.0. The van der Waals surface area contributed by atoms with E-state index in [0.717, 1.165) is 17.9 Å². The van der Waals surface area contributed by atoms with Gasteiger partial charge in [0.15, 0.2) is 0 Å². The number of nitrogens with zero attached hydrogens (tertiary/aromatic N) is 2. The monoisotopic (exact) mass is 242 g/mol. The topological polar surface area (TPSA) is 67.7 Å². The van der Waals surface area contributed by atoms with Crippen molar-refractivity contribution in [3.05, 3.63) is 30.1 Å². The van der Waals surface area contributed by atoms with Gasteiger partial charge in [-0.25, -0.2) is 4.98 Å². The van der Waals surface area contributed by atoms with Crippen molar-refractivity contribution in [3.8, 4) is 0 Å². The summed E-state index contributed by atoms with van der Waals surface area (Å²) in [5.41, 5.74) is 8.00. The van der Waals surface area contributed by atoms with Crippen molar-refractivity contribution in [2.45, 2.75) is 32.7 Å². The van der Waals surface area contributed by atoms with E-state index in [2.05, 4.69) is 15.6 Å². The van der Waals surface area contributed by atoms with E-state index in [1.165, 1.54) is 18.4 Å². The number of nitrogens with one attached hydrogen (secondary N) is 1. The van der Waals surface area contributed by atoms with Gasteiger partial charge in [-0.3, -0.25) is 5.41 Å². The molecule has 1 aromatic carbocycles. The number of nitrogens with two attached hydrogens (primary N) is 1. The zero-order valence-electron chi connectivity index (χ0n) is 10.6. The minimum absolute atomic E-state index is 0.208. The number of hydrogen-bond donors (Lipinski definition) is 2. The molecule has 2 aromatic rings. The van der Waals surface area contributed by atoms with Gasteiger partial charge in [0.1, 0.15) is 5.82 Å². The van der Waals surface area contributed by atoms with Crippen LogP contribution in [-0.2, 0) is 6.54 Å². The Kier molecular flexibility index (Phi) is 2.40. The minimum Gasteiger partial charge on any atom is -0.388 e. The van der Waals surface area contributed by atoms with Crippen molar-refractivity contribution in [2.75, 3.05) is 0 Å². The van der Waals surface area contributed by atoms with Crippen LogP contribution in [0.3, 0.4) is 0 Å². The number of imidazole rings is 1. The summed E-state index contributed by atoms with van der Waals surface area (Å²) in [4.78, 5) is 4.58. The first-order valence-electron chi connectivity index (χ1n) is 6.34. The van der Waals surface area contributed by atoms with Crippen LogP contribution in [0.1, 0.15) is 25.1 Å². The van der Waals surface area contributed by atoms with E-state index in [9.17, 15) is 0 Å². The molecule has 0 radical (unpaired) electrons. The fourth-order valence-electron chi connectivity index (χ4n) is 2.70. The molecule has 0 saturated heterocycles. The lowest BCUT2D eigenvalue weighted by Crippen LogP contribution is -2.21. The van der Waals surface area contributed by atoms with Gasteiger partial charge >= 0.3 is 0 Å². The number of rotatable bonds is 4. The summed E-state index contributed by atoms with van der Waals surface area (Å²) in [5.74, 6) is 1.35. The SMILES string of the molecule is Cc1nc2ccccc2n1CC1(CC(=N)N)CC1. The first kappa shape index (κ1) is 11.3. The van der Waals surface area contributed by atoms with Crippen LogP contribution in [-0.4, -0.2) is 15.4 Å². The molecule has 1 fully saturated rings. The van der Waals surface area contributed by atoms with Crippen molar-refractivity contribution in [1.29, 1.82) is 5.41 Å². The molecule has 1 aliphatic carbocycles. The Balaban J connectivity index is 1.95. The van der Waals surface area contributed by atoms with E-state index in [0.29, 0.717) is 12.3 Å². The van der Waals surface area contributed by atoms with E-state index in [4.69, 9.17) is 11.1 Å². The molecule has 4 heteroatoms. The third-order valence-electron chi connectivity index (χ3n) is 3.86. The van der Waals surface area contributed by atoms with E-state index in [1.54, 1.807) is 0 Å². The third kappa shape index (κ3) is 1.88. The van der Waals surface area contributed by atoms with E-state index in [1.807, 2.05) is 25.1 Å². The average molecular weight is 242 g/mol. The van der Waals surface area contributed by atoms with Crippen LogP contribution in [0.25, 0.3) is 11.0 Å². The molecule has 0 aliphatic heterocycles. The Bertz CT molecular complexity index is 607. The van der Waals surface area contributed by atoms with Gasteiger partial charge < -0.3 is 10.3 Å². The van der Waals surface area contributed by atoms with Crippen LogP contribution in [0.15, 0.2) is 24.3 Å². The lowest BCUT2D eigenvalue weighted by molar-refractivity contribution is 0.437. The Morgan fingerprint density at radius 2 is 2.17 bits per heavy atom. The number of aromatic nitrogens is 2. The zero-order valence-corrected chi connectivity index (χ0v) is 10.6. The molecule has 1 aliphatic rings. The molecule has 0 bridgehead atoms. The summed E-state index contributed by atoms with van der Waals surface area (Å²) >= 11 is 0. The second kappa shape index (κ2) is 3.83.